The molecule has 5 nitrogen and oxygen atoms in total. The number of nitrogen functional groups attached to an aromatic ring is 1. The van der Waals surface area contributed by atoms with Crippen molar-refractivity contribution in [2.75, 3.05) is 17.2 Å². The molecule has 0 saturated heterocycles. The predicted octanol–water partition coefficient (Wildman–Crippen LogP) is 2.83. The van der Waals surface area contributed by atoms with Crippen LogP contribution >= 0.6 is 0 Å². The molecule has 0 spiro atoms. The third-order valence-corrected chi connectivity index (χ3v) is 3.13. The summed E-state index contributed by atoms with van der Waals surface area (Å²) >= 11 is 0. The van der Waals surface area contributed by atoms with Crippen LogP contribution in [-0.2, 0) is 6.54 Å². The molecule has 20 heavy (non-hydrogen) atoms. The minimum atomic E-state index is 0.596. The smallest absolute Gasteiger partial charge is 0.298 e. The summed E-state index contributed by atoms with van der Waals surface area (Å²) in [5.74, 6) is 0. The predicted molar refractivity (Wildman–Crippen MR) is 79.4 cm³/mol. The average molecular weight is 268 g/mol. The molecule has 0 amide bonds. The fourth-order valence-corrected chi connectivity index (χ4v) is 2.07. The number of oxazole rings is 1. The van der Waals surface area contributed by atoms with E-state index in [1.165, 1.54) is 0 Å². The van der Waals surface area contributed by atoms with Crippen LogP contribution in [0, 0.1) is 0 Å². The molecule has 0 aliphatic heterocycles. The second-order valence-corrected chi connectivity index (χ2v) is 4.56. The van der Waals surface area contributed by atoms with Crippen LogP contribution in [-0.4, -0.2) is 16.5 Å². The molecule has 0 fully saturated rings. The van der Waals surface area contributed by atoms with Gasteiger partial charge in [0.15, 0.2) is 5.58 Å². The molecule has 5 heteroatoms. The van der Waals surface area contributed by atoms with Gasteiger partial charge in [-0.3, -0.25) is 4.98 Å². The third-order valence-electron chi connectivity index (χ3n) is 3.13. The Balaban J connectivity index is 1.91. The van der Waals surface area contributed by atoms with Crippen LogP contribution in [0.1, 0.15) is 12.6 Å². The van der Waals surface area contributed by atoms with Crippen molar-refractivity contribution in [3.05, 3.63) is 48.3 Å². The lowest BCUT2D eigenvalue weighted by Crippen LogP contribution is -2.22. The Labute approximate surface area is 117 Å². The van der Waals surface area contributed by atoms with Crippen LogP contribution in [0.3, 0.4) is 0 Å². The Bertz CT molecular complexity index is 708. The summed E-state index contributed by atoms with van der Waals surface area (Å²) in [5.41, 5.74) is 8.93. The number of nitrogens with zero attached hydrogens (tertiary/aromatic N) is 3. The lowest BCUT2D eigenvalue weighted by Gasteiger charge is -2.17. The molecule has 0 saturated carbocycles. The van der Waals surface area contributed by atoms with E-state index < -0.39 is 0 Å². The second kappa shape index (κ2) is 5.21. The second-order valence-electron chi connectivity index (χ2n) is 4.56. The fourth-order valence-electron chi connectivity index (χ4n) is 2.07. The summed E-state index contributed by atoms with van der Waals surface area (Å²) in [7, 11) is 0. The van der Waals surface area contributed by atoms with Gasteiger partial charge in [0.25, 0.3) is 6.01 Å². The first-order valence-corrected chi connectivity index (χ1v) is 6.57. The van der Waals surface area contributed by atoms with E-state index >= 15 is 0 Å². The van der Waals surface area contributed by atoms with E-state index in [1.807, 2.05) is 35.2 Å². The van der Waals surface area contributed by atoms with Crippen molar-refractivity contribution < 1.29 is 4.42 Å². The molecule has 0 unspecified atom stereocenters. The summed E-state index contributed by atoms with van der Waals surface area (Å²) in [6.45, 7) is 3.52. The van der Waals surface area contributed by atoms with Crippen LogP contribution in [0.25, 0.3) is 11.1 Å². The highest BCUT2D eigenvalue weighted by molar-refractivity contribution is 5.78. The van der Waals surface area contributed by atoms with Gasteiger partial charge in [-0.2, -0.15) is 4.98 Å². The maximum Gasteiger partial charge on any atom is 0.298 e. The maximum absolute atomic E-state index is 5.78. The van der Waals surface area contributed by atoms with Crippen molar-refractivity contribution in [2.24, 2.45) is 0 Å². The summed E-state index contributed by atoms with van der Waals surface area (Å²) in [4.78, 5) is 10.9. The lowest BCUT2D eigenvalue weighted by atomic mass is 10.3. The van der Waals surface area contributed by atoms with Gasteiger partial charge < -0.3 is 15.1 Å². The molecule has 1 aromatic carbocycles. The maximum atomic E-state index is 5.78. The van der Waals surface area contributed by atoms with Crippen molar-refractivity contribution in [3.8, 4) is 0 Å². The van der Waals surface area contributed by atoms with Gasteiger partial charge in [0.2, 0.25) is 0 Å². The largest absolute Gasteiger partial charge is 0.423 e. The van der Waals surface area contributed by atoms with Gasteiger partial charge in [0.05, 0.1) is 12.2 Å². The monoisotopic (exact) mass is 268 g/mol. The first-order chi connectivity index (χ1) is 9.76. The first-order valence-electron chi connectivity index (χ1n) is 6.57. The Hall–Kier alpha value is -2.56. The molecular formula is C15H16N4O. The zero-order valence-corrected chi connectivity index (χ0v) is 11.3. The van der Waals surface area contributed by atoms with E-state index in [9.17, 15) is 0 Å². The van der Waals surface area contributed by atoms with Gasteiger partial charge in [-0.1, -0.05) is 6.07 Å². The Kier molecular flexibility index (Phi) is 3.25. The highest BCUT2D eigenvalue weighted by Crippen LogP contribution is 2.24. The first kappa shape index (κ1) is 12.5. The number of aromatic nitrogens is 2. The van der Waals surface area contributed by atoms with E-state index in [1.54, 1.807) is 12.3 Å². The molecule has 3 aromatic rings. The molecule has 2 aromatic heterocycles. The van der Waals surface area contributed by atoms with Crippen LogP contribution in [0.2, 0.25) is 0 Å². The van der Waals surface area contributed by atoms with E-state index in [4.69, 9.17) is 10.2 Å². The molecule has 0 aliphatic rings. The van der Waals surface area contributed by atoms with Crippen molar-refractivity contribution in [1.82, 2.24) is 9.97 Å². The van der Waals surface area contributed by atoms with Gasteiger partial charge in [-0.05, 0) is 31.2 Å². The SMILES string of the molecule is CCN(Cc1ccccn1)c1nc2ccc(N)cc2o1. The molecule has 0 radical (unpaired) electrons. The van der Waals surface area contributed by atoms with E-state index in [2.05, 4.69) is 16.9 Å². The summed E-state index contributed by atoms with van der Waals surface area (Å²) in [6, 6.07) is 11.9. The Morgan fingerprint density at radius 1 is 1.25 bits per heavy atom. The minimum Gasteiger partial charge on any atom is -0.423 e. The number of fused-ring (bicyclic) bond motifs is 1. The summed E-state index contributed by atoms with van der Waals surface area (Å²) < 4.78 is 5.78. The van der Waals surface area contributed by atoms with Crippen LogP contribution in [0.15, 0.2) is 47.0 Å². The summed E-state index contributed by atoms with van der Waals surface area (Å²) in [5, 5.41) is 0. The molecule has 0 atom stereocenters. The third kappa shape index (κ3) is 2.42. The van der Waals surface area contributed by atoms with Crippen LogP contribution in [0.5, 0.6) is 0 Å². The number of hydrogen-bond acceptors (Lipinski definition) is 5. The number of anilines is 2. The Morgan fingerprint density at radius 3 is 2.90 bits per heavy atom. The molecule has 0 bridgehead atoms. The van der Waals surface area contributed by atoms with Gasteiger partial charge >= 0.3 is 0 Å². The van der Waals surface area contributed by atoms with E-state index in [0.29, 0.717) is 23.8 Å². The highest BCUT2D eigenvalue weighted by atomic mass is 16.4. The quantitative estimate of drug-likeness (QED) is 0.737. The summed E-state index contributed by atoms with van der Waals surface area (Å²) in [6.07, 6.45) is 1.79. The molecule has 0 aliphatic carbocycles. The molecule has 2 N–H and O–H groups in total. The number of nitrogens with two attached hydrogens (primary N) is 1. The molecule has 102 valence electrons. The zero-order valence-electron chi connectivity index (χ0n) is 11.3. The molecular weight excluding hydrogens is 252 g/mol. The zero-order chi connectivity index (χ0) is 13.9. The van der Waals surface area contributed by atoms with Crippen molar-refractivity contribution in [2.45, 2.75) is 13.5 Å². The average Bonchev–Trinajstić information content (AvgIpc) is 2.88. The van der Waals surface area contributed by atoms with E-state index in [-0.39, 0.29) is 0 Å². The minimum absolute atomic E-state index is 0.596. The number of hydrogen-bond donors (Lipinski definition) is 1. The Morgan fingerprint density at radius 2 is 2.15 bits per heavy atom. The van der Waals surface area contributed by atoms with Crippen molar-refractivity contribution in [1.29, 1.82) is 0 Å². The van der Waals surface area contributed by atoms with E-state index in [0.717, 1.165) is 17.8 Å². The topological polar surface area (TPSA) is 68.2 Å². The van der Waals surface area contributed by atoms with Gasteiger partial charge in [-0.25, -0.2) is 0 Å². The van der Waals surface area contributed by atoms with Gasteiger partial charge in [-0.15, -0.1) is 0 Å². The standard InChI is InChI=1S/C15H16N4O/c1-2-19(10-12-5-3-4-8-17-12)15-18-13-7-6-11(16)9-14(13)20-15/h3-9H,2,10,16H2,1H3. The lowest BCUT2D eigenvalue weighted by molar-refractivity contribution is 0.568. The molecule has 2 heterocycles. The van der Waals surface area contributed by atoms with Crippen LogP contribution in [0.4, 0.5) is 11.7 Å². The van der Waals surface area contributed by atoms with Crippen molar-refractivity contribution in [3.63, 3.8) is 0 Å². The number of rotatable bonds is 4. The van der Waals surface area contributed by atoms with Crippen LogP contribution < -0.4 is 10.6 Å². The number of benzene rings is 1. The highest BCUT2D eigenvalue weighted by Gasteiger charge is 2.13. The van der Waals surface area contributed by atoms with Gasteiger partial charge in [0, 0.05) is 24.5 Å². The number of pyridine rings is 1. The van der Waals surface area contributed by atoms with Crippen molar-refractivity contribution >= 4 is 22.8 Å². The van der Waals surface area contributed by atoms with Gasteiger partial charge in [0.1, 0.15) is 5.52 Å². The normalized spacial score (nSPS) is 10.8. The molecule has 3 rings (SSSR count). The fraction of sp³-hybridized carbons (Fsp3) is 0.200.